The number of fused-ring (bicyclic) bond motifs is 3. The number of ether oxygens (including phenoxy) is 1. The molecule has 0 spiro atoms. The molecule has 0 saturated heterocycles. The average molecular weight is 434 g/mol. The van der Waals surface area contributed by atoms with Gasteiger partial charge in [-0.3, -0.25) is 0 Å². The summed E-state index contributed by atoms with van der Waals surface area (Å²) >= 11 is 0. The van der Waals surface area contributed by atoms with Gasteiger partial charge in [0.25, 0.3) is 0 Å². The van der Waals surface area contributed by atoms with Gasteiger partial charge in [-0.2, -0.15) is 0 Å². The summed E-state index contributed by atoms with van der Waals surface area (Å²) in [5.74, 6) is 6.96. The van der Waals surface area contributed by atoms with E-state index in [1.807, 2.05) is 54.6 Å². The van der Waals surface area contributed by atoms with Gasteiger partial charge in [0, 0.05) is 36.1 Å². The maximum absolute atomic E-state index is 12.2. The summed E-state index contributed by atoms with van der Waals surface area (Å²) in [5.41, 5.74) is 6.69. The summed E-state index contributed by atoms with van der Waals surface area (Å²) in [6.45, 7) is 0.739. The van der Waals surface area contributed by atoms with Crippen molar-refractivity contribution in [2.24, 2.45) is 0 Å². The molecule has 162 valence electrons. The van der Waals surface area contributed by atoms with E-state index in [0.717, 1.165) is 16.9 Å². The average Bonchev–Trinajstić information content (AvgIpc) is 3.50. The van der Waals surface area contributed by atoms with Crippen LogP contribution < -0.4 is 5.32 Å². The Balaban J connectivity index is 1.10. The molecule has 0 unspecified atom stereocenters. The molecule has 1 N–H and O–H groups in total. The molecule has 0 saturated carbocycles. The van der Waals surface area contributed by atoms with E-state index >= 15 is 0 Å². The van der Waals surface area contributed by atoms with Gasteiger partial charge >= 0.3 is 6.09 Å². The first-order valence-electron chi connectivity index (χ1n) is 10.9. The lowest BCUT2D eigenvalue weighted by Crippen LogP contribution is -2.26. The minimum absolute atomic E-state index is 0.0582. The molecule has 0 atom stereocenters. The van der Waals surface area contributed by atoms with Crippen LogP contribution >= 0.6 is 0 Å². The largest absolute Gasteiger partial charge is 0.449 e. The van der Waals surface area contributed by atoms with Crippen molar-refractivity contribution in [3.05, 3.63) is 102 Å². The van der Waals surface area contributed by atoms with E-state index < -0.39 is 6.09 Å². The van der Waals surface area contributed by atoms with E-state index in [1.54, 1.807) is 6.20 Å². The summed E-state index contributed by atoms with van der Waals surface area (Å²) in [4.78, 5) is 12.2. The van der Waals surface area contributed by atoms with Crippen LogP contribution in [0.2, 0.25) is 0 Å². The summed E-state index contributed by atoms with van der Waals surface area (Å²) in [6, 6.07) is 26.2. The lowest BCUT2D eigenvalue weighted by molar-refractivity contribution is 0.143. The molecule has 4 aromatic rings. The molecule has 33 heavy (non-hydrogen) atoms. The predicted octanol–water partition coefficient (Wildman–Crippen LogP) is 5.62. The second-order valence-electron chi connectivity index (χ2n) is 7.76. The lowest BCUT2D eigenvalue weighted by Gasteiger charge is -2.14. The second-order valence-corrected chi connectivity index (χ2v) is 7.76. The van der Waals surface area contributed by atoms with Crippen molar-refractivity contribution >= 4 is 6.09 Å². The minimum atomic E-state index is -0.421. The Hall–Kier alpha value is -4.30. The third-order valence-corrected chi connectivity index (χ3v) is 5.70. The van der Waals surface area contributed by atoms with Crippen molar-refractivity contribution in [2.45, 2.75) is 12.3 Å². The third-order valence-electron chi connectivity index (χ3n) is 5.70. The van der Waals surface area contributed by atoms with Crippen LogP contribution in [0.25, 0.3) is 22.5 Å². The summed E-state index contributed by atoms with van der Waals surface area (Å²) in [6.07, 6.45) is 1.73. The van der Waals surface area contributed by atoms with Crippen LogP contribution in [-0.2, 0) is 4.74 Å². The summed E-state index contributed by atoms with van der Waals surface area (Å²) < 4.78 is 10.7. The number of carbonyl (C=O) groups excluding carboxylic acids is 1. The molecule has 1 amide bonds. The number of hydrogen-bond acceptors (Lipinski definition) is 4. The van der Waals surface area contributed by atoms with E-state index in [2.05, 4.69) is 46.6 Å². The lowest BCUT2D eigenvalue weighted by atomic mass is 9.98. The highest BCUT2D eigenvalue weighted by molar-refractivity contribution is 5.79. The second kappa shape index (κ2) is 9.46. The number of hydrogen-bond donors (Lipinski definition) is 1. The molecule has 5 nitrogen and oxygen atoms in total. The number of rotatable bonds is 5. The van der Waals surface area contributed by atoms with Gasteiger partial charge in [0.15, 0.2) is 5.76 Å². The van der Waals surface area contributed by atoms with E-state index in [9.17, 15) is 4.79 Å². The number of benzene rings is 3. The smallest absolute Gasteiger partial charge is 0.407 e. The van der Waals surface area contributed by atoms with Crippen molar-refractivity contribution in [1.82, 2.24) is 10.5 Å². The SMILES string of the molecule is O=C(NCCC#Cc1ccc(-c2ccno2)cc1)OCC1c2ccccc2-c2ccccc21. The van der Waals surface area contributed by atoms with Gasteiger partial charge in [0.1, 0.15) is 6.61 Å². The monoisotopic (exact) mass is 434 g/mol. The van der Waals surface area contributed by atoms with E-state index in [1.165, 1.54) is 22.3 Å². The standard InChI is InChI=1S/C28H22N2O3/c31-28(29-17-6-5-7-20-12-14-21(15-13-20)27-16-18-30-33-27)32-19-26-24-10-3-1-8-22(24)23-9-2-4-11-25(23)26/h1-4,8-16,18,26H,6,17,19H2,(H,29,31). The molecule has 1 aliphatic carbocycles. The molecule has 5 heteroatoms. The maximum atomic E-state index is 12.2. The normalized spacial score (nSPS) is 11.8. The quantitative estimate of drug-likeness (QED) is 0.327. The summed E-state index contributed by atoms with van der Waals surface area (Å²) in [7, 11) is 0. The first kappa shape index (κ1) is 20.6. The van der Waals surface area contributed by atoms with Crippen LogP contribution in [0.4, 0.5) is 4.79 Å². The molecular weight excluding hydrogens is 412 g/mol. The number of carbonyl (C=O) groups is 1. The first-order valence-corrected chi connectivity index (χ1v) is 10.9. The van der Waals surface area contributed by atoms with Gasteiger partial charge in [-0.15, -0.1) is 0 Å². The van der Waals surface area contributed by atoms with Gasteiger partial charge in [0.2, 0.25) is 0 Å². The van der Waals surface area contributed by atoms with Crippen molar-refractivity contribution < 1.29 is 14.1 Å². The van der Waals surface area contributed by atoms with Gasteiger partial charge in [-0.1, -0.05) is 65.5 Å². The highest BCUT2D eigenvalue weighted by Crippen LogP contribution is 2.44. The Bertz CT molecular complexity index is 1270. The topological polar surface area (TPSA) is 64.4 Å². The zero-order valence-electron chi connectivity index (χ0n) is 18.0. The predicted molar refractivity (Wildman–Crippen MR) is 127 cm³/mol. The van der Waals surface area contributed by atoms with Crippen molar-refractivity contribution in [1.29, 1.82) is 0 Å². The van der Waals surface area contributed by atoms with Gasteiger partial charge in [-0.25, -0.2) is 4.79 Å². The zero-order valence-corrected chi connectivity index (χ0v) is 18.0. The molecule has 1 heterocycles. The summed E-state index contributed by atoms with van der Waals surface area (Å²) in [5, 5.41) is 6.50. The Morgan fingerprint density at radius 3 is 2.30 bits per heavy atom. The fourth-order valence-electron chi connectivity index (χ4n) is 4.12. The molecule has 5 rings (SSSR count). The van der Waals surface area contributed by atoms with Gasteiger partial charge < -0.3 is 14.6 Å². The van der Waals surface area contributed by atoms with Crippen LogP contribution in [-0.4, -0.2) is 24.4 Å². The molecule has 1 aliphatic rings. The van der Waals surface area contributed by atoms with Crippen molar-refractivity contribution in [3.63, 3.8) is 0 Å². The third kappa shape index (κ3) is 4.51. The fourth-order valence-corrected chi connectivity index (χ4v) is 4.12. The highest BCUT2D eigenvalue weighted by Gasteiger charge is 2.28. The Morgan fingerprint density at radius 2 is 1.64 bits per heavy atom. The van der Waals surface area contributed by atoms with Crippen LogP contribution in [0, 0.1) is 11.8 Å². The maximum Gasteiger partial charge on any atom is 0.407 e. The van der Waals surface area contributed by atoms with Crippen LogP contribution in [0.1, 0.15) is 29.0 Å². The minimum Gasteiger partial charge on any atom is -0.449 e. The van der Waals surface area contributed by atoms with E-state index in [4.69, 9.17) is 9.26 Å². The molecule has 1 aromatic heterocycles. The van der Waals surface area contributed by atoms with Gasteiger partial charge in [-0.05, 0) is 46.5 Å². The molecule has 0 aliphatic heterocycles. The number of nitrogens with one attached hydrogen (secondary N) is 1. The van der Waals surface area contributed by atoms with Crippen LogP contribution in [0.3, 0.4) is 0 Å². The number of alkyl carbamates (subject to hydrolysis) is 1. The zero-order chi connectivity index (χ0) is 22.5. The number of nitrogens with zero attached hydrogens (tertiary/aromatic N) is 1. The molecule has 0 bridgehead atoms. The molecule has 3 aromatic carbocycles. The van der Waals surface area contributed by atoms with Crippen molar-refractivity contribution in [3.8, 4) is 34.3 Å². The first-order chi connectivity index (χ1) is 16.3. The Labute approximate surface area is 192 Å². The van der Waals surface area contributed by atoms with Gasteiger partial charge in [0.05, 0.1) is 6.20 Å². The van der Waals surface area contributed by atoms with Crippen molar-refractivity contribution in [2.75, 3.05) is 13.2 Å². The number of aromatic nitrogens is 1. The molecule has 0 fully saturated rings. The Morgan fingerprint density at radius 1 is 0.939 bits per heavy atom. The molecule has 0 radical (unpaired) electrons. The number of amides is 1. The Kier molecular flexibility index (Phi) is 5.90. The molecular formula is C28H22N2O3. The van der Waals surface area contributed by atoms with E-state index in [-0.39, 0.29) is 5.92 Å². The van der Waals surface area contributed by atoms with Crippen LogP contribution in [0.15, 0.2) is 89.6 Å². The fraction of sp³-hybridized carbons (Fsp3) is 0.143. The van der Waals surface area contributed by atoms with Crippen LogP contribution in [0.5, 0.6) is 0 Å². The highest BCUT2D eigenvalue weighted by atomic mass is 16.5. The van der Waals surface area contributed by atoms with E-state index in [0.29, 0.717) is 19.6 Å².